The van der Waals surface area contributed by atoms with Crippen LogP contribution in [0.3, 0.4) is 0 Å². The molecule has 0 spiro atoms. The van der Waals surface area contributed by atoms with E-state index in [1.165, 1.54) is 0 Å². The van der Waals surface area contributed by atoms with Crippen LogP contribution in [-0.2, 0) is 9.59 Å². The van der Waals surface area contributed by atoms with Gasteiger partial charge in [0.2, 0.25) is 11.8 Å². The van der Waals surface area contributed by atoms with Gasteiger partial charge in [0.05, 0.1) is 6.04 Å². The molecular formula is C13H25N3O2. The van der Waals surface area contributed by atoms with Gasteiger partial charge in [-0.25, -0.2) is 0 Å². The number of likely N-dealkylation sites (N-methyl/N-ethyl adjacent to an activating group) is 1. The number of nitrogens with zero attached hydrogens (tertiary/aromatic N) is 1. The van der Waals surface area contributed by atoms with Crippen molar-refractivity contribution in [2.24, 2.45) is 5.73 Å². The molecule has 0 bridgehead atoms. The number of carbonyl (C=O) groups is 2. The van der Waals surface area contributed by atoms with Gasteiger partial charge in [-0.3, -0.25) is 14.5 Å². The lowest BCUT2D eigenvalue weighted by Crippen LogP contribution is -2.59. The van der Waals surface area contributed by atoms with Crippen molar-refractivity contribution < 1.29 is 9.59 Å². The fourth-order valence-electron chi connectivity index (χ4n) is 2.51. The Morgan fingerprint density at radius 3 is 2.61 bits per heavy atom. The molecule has 2 atom stereocenters. The van der Waals surface area contributed by atoms with Crippen molar-refractivity contribution in [2.45, 2.75) is 57.5 Å². The van der Waals surface area contributed by atoms with E-state index in [2.05, 4.69) is 5.32 Å². The lowest BCUT2D eigenvalue weighted by atomic mass is 9.93. The van der Waals surface area contributed by atoms with Gasteiger partial charge in [-0.2, -0.15) is 0 Å². The van der Waals surface area contributed by atoms with Crippen LogP contribution >= 0.6 is 0 Å². The fraction of sp³-hybridized carbons (Fsp3) is 0.846. The smallest absolute Gasteiger partial charge is 0.242 e. The molecule has 0 aromatic heterocycles. The Bertz CT molecular complexity index is 319. The van der Waals surface area contributed by atoms with Gasteiger partial charge < -0.3 is 11.1 Å². The predicted octanol–water partition coefficient (Wildman–Crippen LogP) is 0.631. The van der Waals surface area contributed by atoms with E-state index in [4.69, 9.17) is 5.73 Å². The summed E-state index contributed by atoms with van der Waals surface area (Å²) < 4.78 is 0. The maximum absolute atomic E-state index is 12.2. The van der Waals surface area contributed by atoms with E-state index in [0.29, 0.717) is 6.42 Å². The van der Waals surface area contributed by atoms with Gasteiger partial charge in [-0.05, 0) is 39.8 Å². The lowest BCUT2D eigenvalue weighted by Gasteiger charge is -2.35. The number of primary amides is 1. The van der Waals surface area contributed by atoms with Gasteiger partial charge in [-0.15, -0.1) is 0 Å². The Balaban J connectivity index is 2.68. The molecule has 0 aliphatic carbocycles. The van der Waals surface area contributed by atoms with Crippen molar-refractivity contribution >= 4 is 11.8 Å². The number of likely N-dealkylation sites (tertiary alicyclic amines) is 1. The third-order valence-electron chi connectivity index (χ3n) is 3.77. The molecule has 0 radical (unpaired) electrons. The molecule has 2 amide bonds. The average molecular weight is 255 g/mol. The second-order valence-electron chi connectivity index (χ2n) is 5.43. The standard InChI is InChI=1S/C13H25N3O2/c1-4-8-13(2,12(14)18)15-11(17)10-7-5-6-9-16(10)3/h10H,4-9H2,1-3H3,(H2,14,18)(H,15,17)/t10-,13?/m1/s1. The zero-order chi connectivity index (χ0) is 13.8. The summed E-state index contributed by atoms with van der Waals surface area (Å²) in [5, 5.41) is 2.84. The summed E-state index contributed by atoms with van der Waals surface area (Å²) in [6.07, 6.45) is 4.42. The highest BCUT2D eigenvalue weighted by molar-refractivity contribution is 5.91. The molecule has 1 rings (SSSR count). The molecule has 5 heteroatoms. The Kier molecular flexibility index (Phi) is 5.14. The first-order chi connectivity index (χ1) is 8.40. The van der Waals surface area contributed by atoms with Crippen molar-refractivity contribution in [1.82, 2.24) is 10.2 Å². The van der Waals surface area contributed by atoms with E-state index < -0.39 is 11.4 Å². The normalized spacial score (nSPS) is 24.3. The number of rotatable bonds is 5. The summed E-state index contributed by atoms with van der Waals surface area (Å²) in [6, 6.07) is -0.130. The predicted molar refractivity (Wildman–Crippen MR) is 70.9 cm³/mol. The molecule has 18 heavy (non-hydrogen) atoms. The minimum atomic E-state index is -0.926. The van der Waals surface area contributed by atoms with Gasteiger partial charge in [0.25, 0.3) is 0 Å². The molecular weight excluding hydrogens is 230 g/mol. The second kappa shape index (κ2) is 6.18. The molecule has 1 unspecified atom stereocenters. The largest absolute Gasteiger partial charge is 0.368 e. The molecule has 0 aromatic carbocycles. The summed E-state index contributed by atoms with van der Waals surface area (Å²) in [4.78, 5) is 25.8. The minimum Gasteiger partial charge on any atom is -0.368 e. The Hall–Kier alpha value is -1.10. The highest BCUT2D eigenvalue weighted by atomic mass is 16.2. The van der Waals surface area contributed by atoms with Crippen LogP contribution in [0.25, 0.3) is 0 Å². The molecule has 0 saturated carbocycles. The van der Waals surface area contributed by atoms with E-state index >= 15 is 0 Å². The molecule has 3 N–H and O–H groups in total. The summed E-state index contributed by atoms with van der Waals surface area (Å²) >= 11 is 0. The van der Waals surface area contributed by atoms with Crippen LogP contribution in [-0.4, -0.2) is 41.9 Å². The number of piperidine rings is 1. The van der Waals surface area contributed by atoms with Crippen molar-refractivity contribution in [1.29, 1.82) is 0 Å². The van der Waals surface area contributed by atoms with Crippen molar-refractivity contribution in [2.75, 3.05) is 13.6 Å². The summed E-state index contributed by atoms with van der Waals surface area (Å²) in [6.45, 7) is 4.61. The van der Waals surface area contributed by atoms with Gasteiger partial charge in [0.15, 0.2) is 0 Å². The SMILES string of the molecule is CCCC(C)(NC(=O)[C@H]1CCCCN1C)C(N)=O. The maximum Gasteiger partial charge on any atom is 0.242 e. The zero-order valence-corrected chi connectivity index (χ0v) is 11.7. The van der Waals surface area contributed by atoms with Crippen molar-refractivity contribution in [3.63, 3.8) is 0 Å². The second-order valence-corrected chi connectivity index (χ2v) is 5.43. The van der Waals surface area contributed by atoms with Crippen LogP contribution in [0, 0.1) is 0 Å². The number of amides is 2. The number of nitrogens with two attached hydrogens (primary N) is 1. The highest BCUT2D eigenvalue weighted by Gasteiger charge is 2.35. The highest BCUT2D eigenvalue weighted by Crippen LogP contribution is 2.18. The quantitative estimate of drug-likeness (QED) is 0.756. The Morgan fingerprint density at radius 1 is 1.44 bits per heavy atom. The van der Waals surface area contributed by atoms with Crippen LogP contribution < -0.4 is 11.1 Å². The van der Waals surface area contributed by atoms with Crippen LogP contribution in [0.15, 0.2) is 0 Å². The third kappa shape index (κ3) is 3.45. The molecule has 104 valence electrons. The van der Waals surface area contributed by atoms with E-state index in [-0.39, 0.29) is 11.9 Å². The Morgan fingerprint density at radius 2 is 2.11 bits per heavy atom. The van der Waals surface area contributed by atoms with E-state index in [9.17, 15) is 9.59 Å². The zero-order valence-electron chi connectivity index (χ0n) is 11.7. The molecule has 5 nitrogen and oxygen atoms in total. The monoisotopic (exact) mass is 255 g/mol. The molecule has 1 aliphatic heterocycles. The van der Waals surface area contributed by atoms with Crippen LogP contribution in [0.5, 0.6) is 0 Å². The average Bonchev–Trinajstić information content (AvgIpc) is 2.29. The van der Waals surface area contributed by atoms with E-state index in [0.717, 1.165) is 32.2 Å². The molecule has 1 saturated heterocycles. The number of carbonyl (C=O) groups excluding carboxylic acids is 2. The van der Waals surface area contributed by atoms with E-state index in [1.807, 2.05) is 18.9 Å². The van der Waals surface area contributed by atoms with Gasteiger partial charge in [0.1, 0.15) is 5.54 Å². The summed E-state index contributed by atoms with van der Waals surface area (Å²) in [5.74, 6) is -0.539. The number of nitrogens with one attached hydrogen (secondary N) is 1. The number of hydrogen-bond acceptors (Lipinski definition) is 3. The summed E-state index contributed by atoms with van der Waals surface area (Å²) in [5.41, 5.74) is 4.48. The Labute approximate surface area is 109 Å². The van der Waals surface area contributed by atoms with Crippen molar-refractivity contribution in [3.8, 4) is 0 Å². The van der Waals surface area contributed by atoms with Crippen molar-refractivity contribution in [3.05, 3.63) is 0 Å². The first-order valence-electron chi connectivity index (χ1n) is 6.73. The van der Waals surface area contributed by atoms with Crippen LogP contribution in [0.4, 0.5) is 0 Å². The maximum atomic E-state index is 12.2. The molecule has 0 aromatic rings. The molecule has 1 aliphatic rings. The molecule has 1 heterocycles. The first-order valence-corrected chi connectivity index (χ1v) is 6.73. The van der Waals surface area contributed by atoms with Gasteiger partial charge >= 0.3 is 0 Å². The van der Waals surface area contributed by atoms with Crippen LogP contribution in [0.1, 0.15) is 46.0 Å². The van der Waals surface area contributed by atoms with Crippen LogP contribution in [0.2, 0.25) is 0 Å². The molecule has 1 fully saturated rings. The van der Waals surface area contributed by atoms with Gasteiger partial charge in [0, 0.05) is 0 Å². The fourth-order valence-corrected chi connectivity index (χ4v) is 2.51. The minimum absolute atomic E-state index is 0.0769. The third-order valence-corrected chi connectivity index (χ3v) is 3.77. The first kappa shape index (κ1) is 15.0. The number of hydrogen-bond donors (Lipinski definition) is 2. The summed E-state index contributed by atoms with van der Waals surface area (Å²) in [7, 11) is 1.95. The van der Waals surface area contributed by atoms with E-state index in [1.54, 1.807) is 6.92 Å². The lowest BCUT2D eigenvalue weighted by molar-refractivity contribution is -0.134. The topological polar surface area (TPSA) is 75.4 Å². The van der Waals surface area contributed by atoms with Gasteiger partial charge in [-0.1, -0.05) is 19.8 Å².